The molecule has 0 bridgehead atoms. The van der Waals surface area contributed by atoms with Crippen LogP contribution in [-0.2, 0) is 9.57 Å². The van der Waals surface area contributed by atoms with E-state index in [0.29, 0.717) is 37.4 Å². The fourth-order valence-electron chi connectivity index (χ4n) is 4.12. The topological polar surface area (TPSA) is 75.2 Å². The lowest BCUT2D eigenvalue weighted by atomic mass is 10.0. The predicted molar refractivity (Wildman–Crippen MR) is 140 cm³/mol. The van der Waals surface area contributed by atoms with Gasteiger partial charge in [0.25, 0.3) is 5.91 Å². The van der Waals surface area contributed by atoms with Crippen LogP contribution in [-0.4, -0.2) is 60.8 Å². The van der Waals surface area contributed by atoms with Gasteiger partial charge in [-0.2, -0.15) is 5.06 Å². The van der Waals surface area contributed by atoms with Gasteiger partial charge in [-0.3, -0.25) is 14.6 Å². The van der Waals surface area contributed by atoms with Gasteiger partial charge in [0.15, 0.2) is 0 Å². The lowest BCUT2D eigenvalue weighted by Gasteiger charge is -2.38. The number of benzene rings is 2. The van der Waals surface area contributed by atoms with Crippen molar-refractivity contribution in [2.45, 2.75) is 26.4 Å². The van der Waals surface area contributed by atoms with Crippen molar-refractivity contribution in [3.8, 4) is 11.1 Å². The van der Waals surface area contributed by atoms with Gasteiger partial charge in [0.2, 0.25) is 0 Å². The number of ether oxygens (including phenoxy) is 1. The number of pyridine rings is 1. The summed E-state index contributed by atoms with van der Waals surface area (Å²) in [6.45, 7) is 7.87. The van der Waals surface area contributed by atoms with E-state index >= 15 is 0 Å². The van der Waals surface area contributed by atoms with Gasteiger partial charge in [-0.25, -0.2) is 4.79 Å². The fraction of sp³-hybridized carbons (Fsp3) is 0.321. The molecule has 188 valence electrons. The lowest BCUT2D eigenvalue weighted by Crippen LogP contribution is -2.50. The Hall–Kier alpha value is -3.91. The van der Waals surface area contributed by atoms with Crippen molar-refractivity contribution in [1.82, 2.24) is 9.88 Å². The molecule has 2 amide bonds. The number of carbonyl (C=O) groups is 2. The summed E-state index contributed by atoms with van der Waals surface area (Å²) in [4.78, 5) is 39.4. The number of anilines is 2. The third-order valence-electron chi connectivity index (χ3n) is 5.89. The molecule has 0 atom stereocenters. The summed E-state index contributed by atoms with van der Waals surface area (Å²) in [5.41, 5.74) is 3.53. The zero-order chi connectivity index (χ0) is 25.7. The summed E-state index contributed by atoms with van der Waals surface area (Å²) in [6, 6.07) is 18.9. The molecule has 0 aliphatic carbocycles. The SMILES string of the molecule is CON(C(=O)c1ccc(-c2ccncc2)cc1)c1ccccc1N1CCN(C(=O)OC(C)(C)C)CC1. The monoisotopic (exact) mass is 488 g/mol. The Morgan fingerprint density at radius 2 is 1.47 bits per heavy atom. The van der Waals surface area contributed by atoms with Gasteiger partial charge in [-0.15, -0.1) is 0 Å². The van der Waals surface area contributed by atoms with Crippen molar-refractivity contribution in [3.63, 3.8) is 0 Å². The number of hydroxylamine groups is 1. The van der Waals surface area contributed by atoms with Crippen LogP contribution in [0.3, 0.4) is 0 Å². The first-order valence-corrected chi connectivity index (χ1v) is 12.0. The smallest absolute Gasteiger partial charge is 0.410 e. The average molecular weight is 489 g/mol. The Morgan fingerprint density at radius 1 is 0.861 bits per heavy atom. The van der Waals surface area contributed by atoms with E-state index in [-0.39, 0.29) is 12.0 Å². The molecule has 4 rings (SSSR count). The highest BCUT2D eigenvalue weighted by molar-refractivity contribution is 6.06. The molecule has 2 heterocycles. The predicted octanol–water partition coefficient (Wildman–Crippen LogP) is 5.01. The number of para-hydroxylation sites is 2. The highest BCUT2D eigenvalue weighted by Gasteiger charge is 2.28. The highest BCUT2D eigenvalue weighted by Crippen LogP contribution is 2.32. The second-order valence-corrected chi connectivity index (χ2v) is 9.54. The molecule has 1 fully saturated rings. The van der Waals surface area contributed by atoms with Gasteiger partial charge in [-0.1, -0.05) is 24.3 Å². The molecule has 0 saturated carbocycles. The maximum absolute atomic E-state index is 13.4. The van der Waals surface area contributed by atoms with Crippen LogP contribution in [0.5, 0.6) is 0 Å². The second-order valence-electron chi connectivity index (χ2n) is 9.54. The Bertz CT molecular complexity index is 1180. The molecule has 3 aromatic rings. The molecule has 1 aliphatic rings. The molecular weight excluding hydrogens is 456 g/mol. The summed E-state index contributed by atoms with van der Waals surface area (Å²) < 4.78 is 5.51. The van der Waals surface area contributed by atoms with E-state index in [4.69, 9.17) is 9.57 Å². The van der Waals surface area contributed by atoms with Crippen LogP contribution in [0.15, 0.2) is 73.1 Å². The molecule has 0 spiro atoms. The zero-order valence-corrected chi connectivity index (χ0v) is 21.2. The van der Waals surface area contributed by atoms with E-state index in [1.54, 1.807) is 29.4 Å². The highest BCUT2D eigenvalue weighted by atomic mass is 16.7. The molecule has 1 saturated heterocycles. The number of aromatic nitrogens is 1. The van der Waals surface area contributed by atoms with E-state index in [0.717, 1.165) is 16.8 Å². The van der Waals surface area contributed by atoms with Gasteiger partial charge >= 0.3 is 6.09 Å². The van der Waals surface area contributed by atoms with E-state index < -0.39 is 5.60 Å². The number of rotatable bonds is 5. The van der Waals surface area contributed by atoms with Crippen molar-refractivity contribution in [1.29, 1.82) is 0 Å². The van der Waals surface area contributed by atoms with Crippen LogP contribution in [0.4, 0.5) is 16.2 Å². The van der Waals surface area contributed by atoms with Gasteiger partial charge < -0.3 is 14.5 Å². The molecule has 0 radical (unpaired) electrons. The first-order chi connectivity index (χ1) is 17.3. The second kappa shape index (κ2) is 10.8. The Labute approximate surface area is 212 Å². The van der Waals surface area contributed by atoms with Crippen molar-refractivity contribution in [2.24, 2.45) is 0 Å². The lowest BCUT2D eigenvalue weighted by molar-refractivity contribution is 0.0240. The van der Waals surface area contributed by atoms with Gasteiger partial charge in [0, 0.05) is 44.1 Å². The molecular formula is C28H32N4O4. The standard InChI is InChI=1S/C28H32N4O4/c1-28(2,3)36-27(34)31-19-17-30(18-20-31)24-7-5-6-8-25(24)32(35-4)26(33)23-11-9-21(10-12-23)22-13-15-29-16-14-22/h5-16H,17-20H2,1-4H3. The quantitative estimate of drug-likeness (QED) is 0.470. The Balaban J connectivity index is 1.50. The largest absolute Gasteiger partial charge is 0.444 e. The number of hydrogen-bond acceptors (Lipinski definition) is 6. The maximum Gasteiger partial charge on any atom is 0.410 e. The third-order valence-corrected chi connectivity index (χ3v) is 5.89. The summed E-state index contributed by atoms with van der Waals surface area (Å²) in [7, 11) is 1.49. The first-order valence-electron chi connectivity index (χ1n) is 12.0. The van der Waals surface area contributed by atoms with E-state index in [1.807, 2.05) is 69.3 Å². The van der Waals surface area contributed by atoms with E-state index in [1.165, 1.54) is 12.2 Å². The normalized spacial score (nSPS) is 13.9. The van der Waals surface area contributed by atoms with Crippen LogP contribution in [0.25, 0.3) is 11.1 Å². The molecule has 1 aromatic heterocycles. The molecule has 0 unspecified atom stereocenters. The minimum atomic E-state index is -0.531. The molecule has 8 nitrogen and oxygen atoms in total. The number of amides is 2. The minimum Gasteiger partial charge on any atom is -0.444 e. The van der Waals surface area contributed by atoms with Crippen LogP contribution < -0.4 is 9.96 Å². The van der Waals surface area contributed by atoms with Crippen LogP contribution >= 0.6 is 0 Å². The molecule has 0 N–H and O–H groups in total. The molecule has 36 heavy (non-hydrogen) atoms. The van der Waals surface area contributed by atoms with Crippen molar-refractivity contribution in [3.05, 3.63) is 78.6 Å². The average Bonchev–Trinajstić information content (AvgIpc) is 2.89. The molecule has 8 heteroatoms. The maximum atomic E-state index is 13.4. The summed E-state index contributed by atoms with van der Waals surface area (Å²) in [5, 5.41) is 1.32. The van der Waals surface area contributed by atoms with Crippen LogP contribution in [0, 0.1) is 0 Å². The molecule has 2 aromatic carbocycles. The van der Waals surface area contributed by atoms with Crippen molar-refractivity contribution in [2.75, 3.05) is 43.3 Å². The summed E-state index contributed by atoms with van der Waals surface area (Å²) in [6.07, 6.45) is 3.18. The zero-order valence-electron chi connectivity index (χ0n) is 21.2. The summed E-state index contributed by atoms with van der Waals surface area (Å²) in [5.74, 6) is -0.265. The molecule has 1 aliphatic heterocycles. The van der Waals surface area contributed by atoms with E-state index in [2.05, 4.69) is 9.88 Å². The Kier molecular flexibility index (Phi) is 7.55. The summed E-state index contributed by atoms with van der Waals surface area (Å²) >= 11 is 0. The van der Waals surface area contributed by atoms with Crippen molar-refractivity contribution < 1.29 is 19.2 Å². The minimum absolute atomic E-state index is 0.265. The van der Waals surface area contributed by atoms with Gasteiger partial charge in [0.05, 0.1) is 18.5 Å². The van der Waals surface area contributed by atoms with Gasteiger partial charge in [0.1, 0.15) is 5.60 Å². The number of hydrogen-bond donors (Lipinski definition) is 0. The number of carbonyl (C=O) groups excluding carboxylic acids is 2. The van der Waals surface area contributed by atoms with Crippen molar-refractivity contribution >= 4 is 23.4 Å². The Morgan fingerprint density at radius 3 is 2.08 bits per heavy atom. The fourth-order valence-corrected chi connectivity index (χ4v) is 4.12. The third kappa shape index (κ3) is 5.83. The van der Waals surface area contributed by atoms with Crippen LogP contribution in [0.1, 0.15) is 31.1 Å². The van der Waals surface area contributed by atoms with Gasteiger partial charge in [-0.05, 0) is 68.3 Å². The van der Waals surface area contributed by atoms with Crippen LogP contribution in [0.2, 0.25) is 0 Å². The van der Waals surface area contributed by atoms with E-state index in [9.17, 15) is 9.59 Å². The first kappa shape index (κ1) is 25.2. The number of piperazine rings is 1. The number of nitrogens with zero attached hydrogens (tertiary/aromatic N) is 4.